The van der Waals surface area contributed by atoms with E-state index in [2.05, 4.69) is 5.32 Å². The van der Waals surface area contributed by atoms with Crippen molar-refractivity contribution in [2.75, 3.05) is 18.0 Å². The van der Waals surface area contributed by atoms with Crippen LogP contribution in [0.4, 0.5) is 5.69 Å². The Kier molecular flexibility index (Phi) is 11.0. The first-order chi connectivity index (χ1) is 22.7. The van der Waals surface area contributed by atoms with Crippen molar-refractivity contribution in [1.29, 1.82) is 0 Å². The molecule has 0 bridgehead atoms. The van der Waals surface area contributed by atoms with Gasteiger partial charge in [-0.25, -0.2) is 8.42 Å². The highest BCUT2D eigenvalue weighted by Gasteiger charge is 2.35. The molecule has 0 spiro atoms. The number of anilines is 1. The van der Waals surface area contributed by atoms with Crippen LogP contribution in [0.5, 0.6) is 5.75 Å². The van der Waals surface area contributed by atoms with Crippen molar-refractivity contribution in [3.8, 4) is 5.75 Å². The highest BCUT2D eigenvalue weighted by Crippen LogP contribution is 2.28. The summed E-state index contributed by atoms with van der Waals surface area (Å²) in [6.07, 6.45) is 4.18. The molecular weight excluding hydrogens is 611 g/mol. The number of methoxy groups -OCH3 is 1. The second-order valence-corrected chi connectivity index (χ2v) is 14.0. The maximum atomic E-state index is 14.7. The smallest absolute Gasteiger partial charge is 0.264 e. The molecule has 0 heterocycles. The van der Waals surface area contributed by atoms with Gasteiger partial charge in [0.1, 0.15) is 18.3 Å². The second kappa shape index (κ2) is 15.3. The molecule has 47 heavy (non-hydrogen) atoms. The molecule has 1 aliphatic rings. The number of hydrogen-bond donors (Lipinski definition) is 1. The van der Waals surface area contributed by atoms with Crippen LogP contribution in [0.25, 0.3) is 0 Å². The van der Waals surface area contributed by atoms with Crippen molar-refractivity contribution in [3.63, 3.8) is 0 Å². The molecule has 2 amide bonds. The van der Waals surface area contributed by atoms with Gasteiger partial charge in [0.15, 0.2) is 0 Å². The van der Waals surface area contributed by atoms with Crippen LogP contribution in [0.1, 0.15) is 47.9 Å². The summed E-state index contributed by atoms with van der Waals surface area (Å²) < 4.78 is 34.9. The van der Waals surface area contributed by atoms with Crippen molar-refractivity contribution in [2.24, 2.45) is 0 Å². The number of ether oxygens (including phenoxy) is 1. The average Bonchev–Trinajstić information content (AvgIpc) is 3.59. The summed E-state index contributed by atoms with van der Waals surface area (Å²) in [7, 11) is -2.65. The molecule has 8 nitrogen and oxygen atoms in total. The van der Waals surface area contributed by atoms with Gasteiger partial charge in [-0.1, -0.05) is 85.1 Å². The van der Waals surface area contributed by atoms with Crippen LogP contribution < -0.4 is 14.4 Å². The predicted octanol–water partition coefficient (Wildman–Crippen LogP) is 6.21. The average molecular weight is 654 g/mol. The van der Waals surface area contributed by atoms with E-state index in [1.807, 2.05) is 68.4 Å². The topological polar surface area (TPSA) is 96.0 Å². The Morgan fingerprint density at radius 2 is 1.49 bits per heavy atom. The summed E-state index contributed by atoms with van der Waals surface area (Å²) >= 11 is 0. The molecule has 0 saturated heterocycles. The van der Waals surface area contributed by atoms with Crippen LogP contribution in [-0.4, -0.2) is 50.9 Å². The molecule has 0 radical (unpaired) electrons. The van der Waals surface area contributed by atoms with Gasteiger partial charge < -0.3 is 15.0 Å². The molecule has 1 atom stereocenters. The number of nitrogens with zero attached hydrogens (tertiary/aromatic N) is 2. The highest BCUT2D eigenvalue weighted by atomic mass is 32.2. The maximum Gasteiger partial charge on any atom is 0.264 e. The SMILES string of the molecule is COc1ccc(N(CC(=O)N(Cc2ccccc2C)[C@H](Cc2ccccc2)C(=O)NC2CCCC2)S(=O)(=O)c2ccc(C)cc2)cc1. The number of aryl methyl sites for hydroxylation is 2. The summed E-state index contributed by atoms with van der Waals surface area (Å²) in [5.41, 5.74) is 3.98. The minimum Gasteiger partial charge on any atom is -0.497 e. The van der Waals surface area contributed by atoms with E-state index in [4.69, 9.17) is 4.74 Å². The normalized spacial score (nSPS) is 13.9. The van der Waals surface area contributed by atoms with E-state index < -0.39 is 28.5 Å². The number of nitrogens with one attached hydrogen (secondary N) is 1. The number of rotatable bonds is 13. The van der Waals surface area contributed by atoms with Crippen LogP contribution in [0.15, 0.2) is 108 Å². The molecule has 5 rings (SSSR count). The first kappa shape index (κ1) is 33.7. The quantitative estimate of drug-likeness (QED) is 0.185. The van der Waals surface area contributed by atoms with Gasteiger partial charge in [-0.2, -0.15) is 0 Å². The Bertz CT molecular complexity index is 1750. The number of carbonyl (C=O) groups excluding carboxylic acids is 2. The lowest BCUT2D eigenvalue weighted by atomic mass is 10.0. The fourth-order valence-corrected chi connectivity index (χ4v) is 7.42. The zero-order chi connectivity index (χ0) is 33.4. The molecule has 0 unspecified atom stereocenters. The summed E-state index contributed by atoms with van der Waals surface area (Å²) in [5.74, 6) is -0.164. The Morgan fingerprint density at radius 3 is 2.13 bits per heavy atom. The molecule has 0 aliphatic heterocycles. The Hall–Kier alpha value is -4.63. The van der Waals surface area contributed by atoms with Crippen molar-refractivity contribution in [2.45, 2.75) is 69.5 Å². The largest absolute Gasteiger partial charge is 0.497 e. The van der Waals surface area contributed by atoms with Crippen molar-refractivity contribution < 1.29 is 22.7 Å². The summed E-state index contributed by atoms with van der Waals surface area (Å²) in [4.78, 5) is 30.5. The predicted molar refractivity (Wildman–Crippen MR) is 185 cm³/mol. The molecule has 1 aliphatic carbocycles. The molecular formula is C38H43N3O5S. The van der Waals surface area contributed by atoms with Gasteiger partial charge in [-0.3, -0.25) is 13.9 Å². The van der Waals surface area contributed by atoms with E-state index in [1.165, 1.54) is 7.11 Å². The first-order valence-electron chi connectivity index (χ1n) is 16.1. The van der Waals surface area contributed by atoms with Crippen LogP contribution in [0, 0.1) is 13.8 Å². The lowest BCUT2D eigenvalue weighted by Crippen LogP contribution is -2.54. The number of sulfonamides is 1. The van der Waals surface area contributed by atoms with Crippen LogP contribution in [-0.2, 0) is 32.6 Å². The minimum atomic E-state index is -4.18. The lowest BCUT2D eigenvalue weighted by molar-refractivity contribution is -0.140. The van der Waals surface area contributed by atoms with Gasteiger partial charge in [0.2, 0.25) is 11.8 Å². The van der Waals surface area contributed by atoms with E-state index in [9.17, 15) is 18.0 Å². The van der Waals surface area contributed by atoms with E-state index in [0.717, 1.165) is 52.2 Å². The van der Waals surface area contributed by atoms with Crippen molar-refractivity contribution >= 4 is 27.5 Å². The summed E-state index contributed by atoms with van der Waals surface area (Å²) in [6, 6.07) is 29.7. The summed E-state index contributed by atoms with van der Waals surface area (Å²) in [6.45, 7) is 3.49. The molecule has 9 heteroatoms. The number of benzene rings is 4. The maximum absolute atomic E-state index is 14.7. The number of carbonyl (C=O) groups is 2. The highest BCUT2D eigenvalue weighted by molar-refractivity contribution is 7.92. The lowest BCUT2D eigenvalue weighted by Gasteiger charge is -2.34. The van der Waals surface area contributed by atoms with E-state index in [0.29, 0.717) is 11.4 Å². The van der Waals surface area contributed by atoms with Gasteiger partial charge in [0.05, 0.1) is 17.7 Å². The van der Waals surface area contributed by atoms with Gasteiger partial charge in [-0.15, -0.1) is 0 Å². The molecule has 1 saturated carbocycles. The van der Waals surface area contributed by atoms with Gasteiger partial charge >= 0.3 is 0 Å². The zero-order valence-electron chi connectivity index (χ0n) is 27.3. The van der Waals surface area contributed by atoms with Gasteiger partial charge in [-0.05, 0) is 79.8 Å². The monoisotopic (exact) mass is 653 g/mol. The third kappa shape index (κ3) is 8.40. The van der Waals surface area contributed by atoms with Gasteiger partial charge in [0.25, 0.3) is 10.0 Å². The van der Waals surface area contributed by atoms with E-state index in [1.54, 1.807) is 53.4 Å². The standard InChI is InChI=1S/C38H43N3O5S/c1-28-17-23-35(24-18-28)47(44,45)41(33-19-21-34(46-3)22-20-33)27-37(42)40(26-31-14-8-7-11-29(31)2)36(25-30-12-5-4-6-13-30)38(43)39-32-15-9-10-16-32/h4-8,11-14,17-24,32,36H,9-10,15-16,25-27H2,1-3H3,(H,39,43)/t36-/m1/s1. The van der Waals surface area contributed by atoms with Crippen molar-refractivity contribution in [1.82, 2.24) is 10.2 Å². The van der Waals surface area contributed by atoms with Crippen LogP contribution in [0.3, 0.4) is 0 Å². The van der Waals surface area contributed by atoms with Crippen LogP contribution >= 0.6 is 0 Å². The Morgan fingerprint density at radius 1 is 0.851 bits per heavy atom. The fraction of sp³-hybridized carbons (Fsp3) is 0.316. The fourth-order valence-electron chi connectivity index (χ4n) is 6.01. The molecule has 0 aromatic heterocycles. The van der Waals surface area contributed by atoms with E-state index in [-0.39, 0.29) is 29.8 Å². The number of hydrogen-bond acceptors (Lipinski definition) is 5. The van der Waals surface area contributed by atoms with Crippen LogP contribution in [0.2, 0.25) is 0 Å². The third-order valence-electron chi connectivity index (χ3n) is 8.82. The molecule has 4 aromatic rings. The Balaban J connectivity index is 1.57. The van der Waals surface area contributed by atoms with Gasteiger partial charge in [0, 0.05) is 19.0 Å². The zero-order valence-corrected chi connectivity index (χ0v) is 28.1. The number of amides is 2. The molecule has 4 aromatic carbocycles. The van der Waals surface area contributed by atoms with Crippen molar-refractivity contribution in [3.05, 3.63) is 125 Å². The minimum absolute atomic E-state index is 0.0499. The first-order valence-corrected chi connectivity index (χ1v) is 17.5. The second-order valence-electron chi connectivity index (χ2n) is 12.2. The Labute approximate surface area is 278 Å². The summed E-state index contributed by atoms with van der Waals surface area (Å²) in [5, 5.41) is 3.22. The molecule has 246 valence electrons. The molecule has 1 fully saturated rings. The van der Waals surface area contributed by atoms with E-state index >= 15 is 0 Å². The molecule has 1 N–H and O–H groups in total. The third-order valence-corrected chi connectivity index (χ3v) is 10.6.